The Morgan fingerprint density at radius 1 is 1.17 bits per heavy atom. The second-order valence-electron chi connectivity index (χ2n) is 5.34. The predicted octanol–water partition coefficient (Wildman–Crippen LogP) is 1.02. The summed E-state index contributed by atoms with van der Waals surface area (Å²) < 4.78 is 24.9. The average molecular weight is 344 g/mol. The molecule has 1 N–H and O–H groups in total. The van der Waals surface area contributed by atoms with Gasteiger partial charge in [-0.05, 0) is 18.9 Å². The van der Waals surface area contributed by atoms with E-state index in [1.807, 2.05) is 0 Å². The second kappa shape index (κ2) is 6.46. The van der Waals surface area contributed by atoms with Crippen LogP contribution >= 0.6 is 0 Å². The Morgan fingerprint density at radius 2 is 1.78 bits per heavy atom. The summed E-state index contributed by atoms with van der Waals surface area (Å²) in [5.41, 5.74) is -0.360. The van der Waals surface area contributed by atoms with Crippen LogP contribution in [0.5, 0.6) is 0 Å². The standard InChI is InChI=1S/C12H16N4O6S/c1-23(21,22)13-9-4-6-14(7-5-9)11-3-2-10(15(17)18)8-12(11)16(19)20/h2-3,8-9,13H,4-7H2,1H3. The van der Waals surface area contributed by atoms with Crippen molar-refractivity contribution in [3.05, 3.63) is 38.4 Å². The monoisotopic (exact) mass is 344 g/mol. The van der Waals surface area contributed by atoms with Crippen LogP contribution in [0, 0.1) is 20.2 Å². The van der Waals surface area contributed by atoms with E-state index in [4.69, 9.17) is 0 Å². The van der Waals surface area contributed by atoms with Gasteiger partial charge in [0.2, 0.25) is 10.0 Å². The first-order chi connectivity index (χ1) is 10.7. The number of benzene rings is 1. The van der Waals surface area contributed by atoms with Gasteiger partial charge in [0, 0.05) is 25.2 Å². The van der Waals surface area contributed by atoms with Crippen LogP contribution in [0.2, 0.25) is 0 Å². The Labute approximate surface area is 132 Å². The lowest BCUT2D eigenvalue weighted by Crippen LogP contribution is -2.44. The van der Waals surface area contributed by atoms with Crippen LogP contribution in [0.15, 0.2) is 18.2 Å². The van der Waals surface area contributed by atoms with Gasteiger partial charge in [0.25, 0.3) is 11.4 Å². The Kier molecular flexibility index (Phi) is 4.80. The zero-order chi connectivity index (χ0) is 17.2. The molecule has 0 atom stereocenters. The highest BCUT2D eigenvalue weighted by Gasteiger charge is 2.27. The third-order valence-corrected chi connectivity index (χ3v) is 4.34. The van der Waals surface area contributed by atoms with Crippen LogP contribution < -0.4 is 9.62 Å². The normalized spacial score (nSPS) is 16.3. The van der Waals surface area contributed by atoms with Gasteiger partial charge in [0.1, 0.15) is 5.69 Å². The summed E-state index contributed by atoms with van der Waals surface area (Å²) in [6, 6.07) is 3.32. The molecule has 10 nitrogen and oxygen atoms in total. The molecule has 0 amide bonds. The van der Waals surface area contributed by atoms with E-state index in [-0.39, 0.29) is 17.4 Å². The van der Waals surface area contributed by atoms with Gasteiger partial charge < -0.3 is 4.90 Å². The number of nitrogens with zero attached hydrogens (tertiary/aromatic N) is 3. The van der Waals surface area contributed by atoms with Crippen molar-refractivity contribution in [1.82, 2.24) is 4.72 Å². The number of anilines is 1. The molecule has 1 aliphatic heterocycles. The summed E-state index contributed by atoms with van der Waals surface area (Å²) in [7, 11) is -3.29. The minimum Gasteiger partial charge on any atom is -0.366 e. The summed E-state index contributed by atoms with van der Waals surface area (Å²) in [5, 5.41) is 21.9. The maximum atomic E-state index is 11.2. The van der Waals surface area contributed by atoms with Crippen molar-refractivity contribution in [2.75, 3.05) is 24.2 Å². The third kappa shape index (κ3) is 4.36. The molecular formula is C12H16N4O6S. The average Bonchev–Trinajstić information content (AvgIpc) is 2.45. The molecule has 1 aliphatic rings. The number of hydrogen-bond donors (Lipinski definition) is 1. The maximum Gasteiger partial charge on any atom is 0.299 e. The fraction of sp³-hybridized carbons (Fsp3) is 0.500. The lowest BCUT2D eigenvalue weighted by atomic mass is 10.0. The van der Waals surface area contributed by atoms with Crippen LogP contribution in [0.25, 0.3) is 0 Å². The molecule has 1 aromatic rings. The van der Waals surface area contributed by atoms with Crippen molar-refractivity contribution >= 4 is 27.1 Å². The molecule has 0 spiro atoms. The highest BCUT2D eigenvalue weighted by Crippen LogP contribution is 2.33. The Balaban J connectivity index is 2.17. The summed E-state index contributed by atoms with van der Waals surface area (Å²) in [5.74, 6) is 0. The summed E-state index contributed by atoms with van der Waals surface area (Å²) in [4.78, 5) is 22.3. The molecule has 0 bridgehead atoms. The molecule has 0 unspecified atom stereocenters. The Morgan fingerprint density at radius 3 is 2.26 bits per heavy atom. The largest absolute Gasteiger partial charge is 0.366 e. The van der Waals surface area contributed by atoms with Crippen LogP contribution in [-0.2, 0) is 10.0 Å². The molecule has 1 saturated heterocycles. The lowest BCUT2D eigenvalue weighted by molar-refractivity contribution is -0.393. The van der Waals surface area contributed by atoms with Crippen molar-refractivity contribution in [2.24, 2.45) is 0 Å². The van der Waals surface area contributed by atoms with E-state index in [0.717, 1.165) is 12.3 Å². The quantitative estimate of drug-likeness (QED) is 0.622. The molecule has 1 fully saturated rings. The SMILES string of the molecule is CS(=O)(=O)NC1CCN(c2ccc([N+](=O)[O-])cc2[N+](=O)[O-])CC1. The maximum absolute atomic E-state index is 11.2. The minimum absolute atomic E-state index is 0.210. The molecule has 126 valence electrons. The Hall–Kier alpha value is -2.27. The third-order valence-electron chi connectivity index (χ3n) is 3.58. The zero-order valence-electron chi connectivity index (χ0n) is 12.3. The van der Waals surface area contributed by atoms with E-state index in [1.54, 1.807) is 4.90 Å². The molecule has 0 aromatic heterocycles. The topological polar surface area (TPSA) is 136 Å². The number of rotatable bonds is 5. The van der Waals surface area contributed by atoms with Gasteiger partial charge in [-0.25, -0.2) is 13.1 Å². The van der Waals surface area contributed by atoms with Gasteiger partial charge in [-0.3, -0.25) is 20.2 Å². The van der Waals surface area contributed by atoms with Gasteiger partial charge in [0.05, 0.1) is 22.2 Å². The summed E-state index contributed by atoms with van der Waals surface area (Å²) in [6.07, 6.45) is 2.09. The van der Waals surface area contributed by atoms with E-state index in [0.29, 0.717) is 31.6 Å². The summed E-state index contributed by atoms with van der Waals surface area (Å²) in [6.45, 7) is 0.845. The number of nitrogens with one attached hydrogen (secondary N) is 1. The first kappa shape index (κ1) is 17.1. The van der Waals surface area contributed by atoms with E-state index in [1.165, 1.54) is 12.1 Å². The minimum atomic E-state index is -3.29. The fourth-order valence-electron chi connectivity index (χ4n) is 2.58. The number of hydrogen-bond acceptors (Lipinski definition) is 7. The highest BCUT2D eigenvalue weighted by molar-refractivity contribution is 7.88. The summed E-state index contributed by atoms with van der Waals surface area (Å²) >= 11 is 0. The van der Waals surface area contributed by atoms with Crippen molar-refractivity contribution in [3.8, 4) is 0 Å². The van der Waals surface area contributed by atoms with E-state index < -0.39 is 19.9 Å². The van der Waals surface area contributed by atoms with Crippen LogP contribution in [0.1, 0.15) is 12.8 Å². The molecule has 1 aromatic carbocycles. The zero-order valence-corrected chi connectivity index (χ0v) is 13.2. The number of nitro groups is 2. The smallest absolute Gasteiger partial charge is 0.299 e. The van der Waals surface area contributed by atoms with Crippen LogP contribution in [-0.4, -0.2) is 43.7 Å². The van der Waals surface area contributed by atoms with Crippen molar-refractivity contribution in [1.29, 1.82) is 0 Å². The van der Waals surface area contributed by atoms with Gasteiger partial charge in [-0.1, -0.05) is 0 Å². The molecule has 1 heterocycles. The number of sulfonamides is 1. The molecule has 0 aliphatic carbocycles. The first-order valence-electron chi connectivity index (χ1n) is 6.82. The predicted molar refractivity (Wildman–Crippen MR) is 83.0 cm³/mol. The van der Waals surface area contributed by atoms with Gasteiger partial charge >= 0.3 is 0 Å². The fourth-order valence-corrected chi connectivity index (χ4v) is 3.42. The molecule has 0 radical (unpaired) electrons. The van der Waals surface area contributed by atoms with E-state index in [2.05, 4.69) is 4.72 Å². The molecular weight excluding hydrogens is 328 g/mol. The van der Waals surface area contributed by atoms with Crippen LogP contribution in [0.3, 0.4) is 0 Å². The van der Waals surface area contributed by atoms with Crippen molar-refractivity contribution < 1.29 is 18.3 Å². The van der Waals surface area contributed by atoms with Gasteiger partial charge in [-0.15, -0.1) is 0 Å². The number of piperidine rings is 1. The molecule has 0 saturated carbocycles. The van der Waals surface area contributed by atoms with Gasteiger partial charge in [0.15, 0.2) is 0 Å². The highest BCUT2D eigenvalue weighted by atomic mass is 32.2. The van der Waals surface area contributed by atoms with Gasteiger partial charge in [-0.2, -0.15) is 0 Å². The lowest BCUT2D eigenvalue weighted by Gasteiger charge is -2.33. The van der Waals surface area contributed by atoms with E-state index in [9.17, 15) is 28.6 Å². The molecule has 2 rings (SSSR count). The molecule has 23 heavy (non-hydrogen) atoms. The van der Waals surface area contributed by atoms with Crippen molar-refractivity contribution in [2.45, 2.75) is 18.9 Å². The second-order valence-corrected chi connectivity index (χ2v) is 7.12. The van der Waals surface area contributed by atoms with E-state index >= 15 is 0 Å². The number of non-ortho nitro benzene ring substituents is 1. The van der Waals surface area contributed by atoms with Crippen LogP contribution in [0.4, 0.5) is 17.1 Å². The molecule has 11 heteroatoms. The Bertz CT molecular complexity index is 727. The van der Waals surface area contributed by atoms with Crippen molar-refractivity contribution in [3.63, 3.8) is 0 Å². The first-order valence-corrected chi connectivity index (χ1v) is 8.71. The number of nitro benzene ring substituents is 2.